The number of aryl methyl sites for hydroxylation is 1. The van der Waals surface area contributed by atoms with Crippen LogP contribution < -0.4 is 20.3 Å². The Labute approximate surface area is 141 Å². The molecule has 0 atom stereocenters. The van der Waals surface area contributed by atoms with Crippen LogP contribution in [0.5, 0.6) is 5.75 Å². The van der Waals surface area contributed by atoms with Crippen LogP contribution in [0.4, 0.5) is 5.69 Å². The molecule has 0 spiro atoms. The third-order valence-corrected chi connectivity index (χ3v) is 3.48. The van der Waals surface area contributed by atoms with Gasteiger partial charge in [0.1, 0.15) is 12.3 Å². The first-order chi connectivity index (χ1) is 11.4. The molecule has 0 radical (unpaired) electrons. The molecular formula is C17H23N3O4. The maximum Gasteiger partial charge on any atom is 0.265 e. The first-order valence-electron chi connectivity index (χ1n) is 7.96. The van der Waals surface area contributed by atoms with Gasteiger partial charge in [0.15, 0.2) is 6.61 Å². The van der Waals surface area contributed by atoms with Crippen LogP contribution in [0.2, 0.25) is 0 Å². The highest BCUT2D eigenvalue weighted by atomic mass is 16.5. The third kappa shape index (κ3) is 4.71. The average Bonchev–Trinajstić information content (AvgIpc) is 2.49. The summed E-state index contributed by atoms with van der Waals surface area (Å²) in [5, 5.41) is 5.42. The van der Waals surface area contributed by atoms with E-state index in [1.807, 2.05) is 32.9 Å². The molecule has 7 nitrogen and oxygen atoms in total. The fraction of sp³-hybridized carbons (Fsp3) is 0.471. The van der Waals surface area contributed by atoms with Crippen LogP contribution >= 0.6 is 0 Å². The summed E-state index contributed by atoms with van der Waals surface area (Å²) in [6, 6.07) is 5.56. The van der Waals surface area contributed by atoms with Gasteiger partial charge in [-0.3, -0.25) is 19.3 Å². The van der Waals surface area contributed by atoms with Gasteiger partial charge in [0, 0.05) is 19.0 Å². The zero-order chi connectivity index (χ0) is 17.7. The number of hydrogen-bond acceptors (Lipinski definition) is 4. The summed E-state index contributed by atoms with van der Waals surface area (Å²) in [6.07, 6.45) is 0.205. The van der Waals surface area contributed by atoms with Gasteiger partial charge in [0.05, 0.1) is 5.69 Å². The highest BCUT2D eigenvalue weighted by molar-refractivity contribution is 6.02. The predicted octanol–water partition coefficient (Wildman–Crippen LogP) is 0.751. The summed E-state index contributed by atoms with van der Waals surface area (Å²) >= 11 is 0. The van der Waals surface area contributed by atoms with Crippen molar-refractivity contribution in [2.45, 2.75) is 33.2 Å². The highest BCUT2D eigenvalue weighted by Crippen LogP contribution is 2.32. The molecule has 1 heterocycles. The smallest absolute Gasteiger partial charge is 0.265 e. The van der Waals surface area contributed by atoms with Crippen molar-refractivity contribution in [1.82, 2.24) is 10.6 Å². The number of carbonyl (C=O) groups is 3. The Bertz CT molecular complexity index is 643. The summed E-state index contributed by atoms with van der Waals surface area (Å²) < 4.78 is 5.38. The number of nitrogens with one attached hydrogen (secondary N) is 2. The minimum absolute atomic E-state index is 0.0684. The van der Waals surface area contributed by atoms with Crippen LogP contribution in [-0.2, 0) is 14.4 Å². The monoisotopic (exact) mass is 333 g/mol. The summed E-state index contributed by atoms with van der Waals surface area (Å²) in [5.41, 5.74) is 1.57. The van der Waals surface area contributed by atoms with Crippen LogP contribution in [0.1, 0.15) is 25.8 Å². The molecule has 7 heteroatoms. The van der Waals surface area contributed by atoms with Crippen molar-refractivity contribution in [2.75, 3.05) is 24.6 Å². The minimum atomic E-state index is -0.310. The number of fused-ring (bicyclic) bond motifs is 1. The van der Waals surface area contributed by atoms with Gasteiger partial charge >= 0.3 is 0 Å². The molecule has 130 valence electrons. The van der Waals surface area contributed by atoms with E-state index >= 15 is 0 Å². The Balaban J connectivity index is 1.91. The van der Waals surface area contributed by atoms with Crippen LogP contribution in [-0.4, -0.2) is 43.5 Å². The molecule has 0 saturated heterocycles. The molecule has 0 fully saturated rings. The molecule has 0 unspecified atom stereocenters. The molecule has 1 aromatic carbocycles. The van der Waals surface area contributed by atoms with Crippen molar-refractivity contribution >= 4 is 23.4 Å². The van der Waals surface area contributed by atoms with Gasteiger partial charge in [-0.25, -0.2) is 0 Å². The van der Waals surface area contributed by atoms with E-state index in [1.54, 1.807) is 6.07 Å². The largest absolute Gasteiger partial charge is 0.482 e. The first-order valence-corrected chi connectivity index (χ1v) is 7.96. The quantitative estimate of drug-likeness (QED) is 0.804. The van der Waals surface area contributed by atoms with Crippen molar-refractivity contribution in [3.05, 3.63) is 23.8 Å². The van der Waals surface area contributed by atoms with Crippen molar-refractivity contribution in [1.29, 1.82) is 0 Å². The number of hydrogen-bond donors (Lipinski definition) is 2. The van der Waals surface area contributed by atoms with E-state index in [1.165, 1.54) is 4.90 Å². The van der Waals surface area contributed by atoms with Gasteiger partial charge in [0.2, 0.25) is 11.8 Å². The minimum Gasteiger partial charge on any atom is -0.482 e. The second-order valence-electron chi connectivity index (χ2n) is 6.06. The molecule has 2 rings (SSSR count). The van der Waals surface area contributed by atoms with Gasteiger partial charge in [-0.2, -0.15) is 0 Å². The van der Waals surface area contributed by atoms with Crippen molar-refractivity contribution in [3.8, 4) is 5.75 Å². The third-order valence-electron chi connectivity index (χ3n) is 3.48. The van der Waals surface area contributed by atoms with Crippen LogP contribution in [0.3, 0.4) is 0 Å². The van der Waals surface area contributed by atoms with E-state index in [4.69, 9.17) is 4.74 Å². The summed E-state index contributed by atoms with van der Waals surface area (Å²) in [6.45, 7) is 5.71. The van der Waals surface area contributed by atoms with Crippen LogP contribution in [0.25, 0.3) is 0 Å². The summed E-state index contributed by atoms with van der Waals surface area (Å²) in [7, 11) is 0. The first kappa shape index (κ1) is 17.8. The number of carbonyl (C=O) groups excluding carboxylic acids is 3. The van der Waals surface area contributed by atoms with Crippen molar-refractivity contribution in [3.63, 3.8) is 0 Å². The lowest BCUT2D eigenvalue weighted by Crippen LogP contribution is -2.45. The Hall–Kier alpha value is -2.57. The molecule has 0 saturated carbocycles. The zero-order valence-corrected chi connectivity index (χ0v) is 14.2. The molecule has 0 bridgehead atoms. The van der Waals surface area contributed by atoms with E-state index < -0.39 is 0 Å². The van der Waals surface area contributed by atoms with E-state index in [2.05, 4.69) is 10.6 Å². The fourth-order valence-corrected chi connectivity index (χ4v) is 2.39. The van der Waals surface area contributed by atoms with E-state index in [0.29, 0.717) is 11.4 Å². The normalized spacial score (nSPS) is 13.3. The van der Waals surface area contributed by atoms with Gasteiger partial charge in [0.25, 0.3) is 5.91 Å². The Morgan fingerprint density at radius 2 is 2.04 bits per heavy atom. The lowest BCUT2D eigenvalue weighted by atomic mass is 10.1. The Morgan fingerprint density at radius 3 is 2.75 bits per heavy atom. The highest BCUT2D eigenvalue weighted by Gasteiger charge is 2.27. The summed E-state index contributed by atoms with van der Waals surface area (Å²) in [5.74, 6) is -0.103. The zero-order valence-electron chi connectivity index (χ0n) is 14.2. The van der Waals surface area contributed by atoms with Crippen molar-refractivity contribution < 1.29 is 19.1 Å². The van der Waals surface area contributed by atoms with E-state index in [0.717, 1.165) is 5.56 Å². The lowest BCUT2D eigenvalue weighted by molar-refractivity contribution is -0.125. The van der Waals surface area contributed by atoms with Gasteiger partial charge in [-0.05, 0) is 38.5 Å². The number of anilines is 1. The standard InChI is InChI=1S/C17H23N3O4/c1-11(2)19-15(21)6-7-18-16(22)9-20-13-8-12(3)4-5-14(13)24-10-17(20)23/h4-5,8,11H,6-7,9-10H2,1-3H3,(H,18,22)(H,19,21). The molecule has 24 heavy (non-hydrogen) atoms. The number of amides is 3. The Kier molecular flexibility index (Phi) is 5.78. The predicted molar refractivity (Wildman–Crippen MR) is 89.9 cm³/mol. The number of rotatable bonds is 6. The van der Waals surface area contributed by atoms with Crippen LogP contribution in [0, 0.1) is 6.92 Å². The van der Waals surface area contributed by atoms with E-state index in [9.17, 15) is 14.4 Å². The van der Waals surface area contributed by atoms with Gasteiger partial charge in [-0.15, -0.1) is 0 Å². The SMILES string of the molecule is Cc1ccc2c(c1)N(CC(=O)NCCC(=O)NC(C)C)C(=O)CO2. The van der Waals surface area contributed by atoms with Crippen LogP contribution in [0.15, 0.2) is 18.2 Å². The second-order valence-corrected chi connectivity index (χ2v) is 6.06. The Morgan fingerprint density at radius 1 is 1.29 bits per heavy atom. The number of ether oxygens (including phenoxy) is 1. The second kappa shape index (κ2) is 7.81. The molecule has 1 aliphatic heterocycles. The van der Waals surface area contributed by atoms with E-state index in [-0.39, 0.29) is 49.9 Å². The number of nitrogens with zero attached hydrogens (tertiary/aromatic N) is 1. The molecule has 0 aromatic heterocycles. The molecule has 0 aliphatic carbocycles. The topological polar surface area (TPSA) is 87.7 Å². The fourth-order valence-electron chi connectivity index (χ4n) is 2.39. The lowest BCUT2D eigenvalue weighted by Gasteiger charge is -2.29. The van der Waals surface area contributed by atoms with Crippen molar-refractivity contribution in [2.24, 2.45) is 0 Å². The molecule has 3 amide bonds. The molecular weight excluding hydrogens is 310 g/mol. The summed E-state index contributed by atoms with van der Waals surface area (Å²) in [4.78, 5) is 37.1. The average molecular weight is 333 g/mol. The van der Waals surface area contributed by atoms with Gasteiger partial charge < -0.3 is 15.4 Å². The van der Waals surface area contributed by atoms with Gasteiger partial charge in [-0.1, -0.05) is 6.07 Å². The number of benzene rings is 1. The molecule has 1 aliphatic rings. The maximum absolute atomic E-state index is 12.1. The molecule has 1 aromatic rings. The maximum atomic E-state index is 12.1. The molecule has 2 N–H and O–H groups in total.